The van der Waals surface area contributed by atoms with Crippen LogP contribution < -0.4 is 15.1 Å². The molecule has 0 aromatic heterocycles. The van der Waals surface area contributed by atoms with Crippen LogP contribution in [0, 0.1) is 0 Å². The fourth-order valence-electron chi connectivity index (χ4n) is 2.98. The van der Waals surface area contributed by atoms with Crippen molar-refractivity contribution in [1.29, 1.82) is 0 Å². The Morgan fingerprint density at radius 3 is 1.84 bits per heavy atom. The molecule has 1 amide bonds. The Kier molecular flexibility index (Phi) is 5.33. The quantitative estimate of drug-likeness (QED) is 0.625. The van der Waals surface area contributed by atoms with Crippen LogP contribution in [-0.4, -0.2) is 57.1 Å². The van der Waals surface area contributed by atoms with Gasteiger partial charge in [-0.05, 0) is 12.1 Å². The van der Waals surface area contributed by atoms with Gasteiger partial charge in [0.05, 0.1) is 7.05 Å². The Morgan fingerprint density at radius 2 is 1.40 bits per heavy atom. The van der Waals surface area contributed by atoms with E-state index in [4.69, 9.17) is 0 Å². The van der Waals surface area contributed by atoms with Gasteiger partial charge in [0.15, 0.2) is 0 Å². The maximum atomic E-state index is 13.7. The van der Waals surface area contributed by atoms with Crippen LogP contribution in [0.15, 0.2) is 30.3 Å². The number of rotatable bonds is 3. The Hall–Kier alpha value is -1.81. The lowest BCUT2D eigenvalue weighted by Crippen LogP contribution is -3.34. The number of hydrogen-bond acceptors (Lipinski definition) is 1. The summed E-state index contributed by atoms with van der Waals surface area (Å²) in [5.41, 5.74) is -4.60. The first-order valence-corrected chi connectivity index (χ1v) is 7.66. The lowest BCUT2D eigenvalue weighted by atomic mass is 10.0. The Balaban J connectivity index is 2.45. The average Bonchev–Trinajstić information content (AvgIpc) is 2.52. The van der Waals surface area contributed by atoms with Crippen molar-refractivity contribution in [3.63, 3.8) is 0 Å². The molecule has 1 aliphatic heterocycles. The first kappa shape index (κ1) is 19.5. The monoisotopic (exact) mass is 371 g/mol. The molecule has 0 saturated carbocycles. The van der Waals surface area contributed by atoms with Gasteiger partial charge < -0.3 is 4.90 Å². The van der Waals surface area contributed by atoms with Crippen LogP contribution in [0.3, 0.4) is 0 Å². The van der Waals surface area contributed by atoms with E-state index < -0.39 is 28.8 Å². The molecule has 1 fully saturated rings. The van der Waals surface area contributed by atoms with Gasteiger partial charge in [-0.2, -0.15) is 26.3 Å². The normalized spacial score (nSPS) is 22.5. The van der Waals surface area contributed by atoms with Crippen LogP contribution in [0.4, 0.5) is 26.3 Å². The standard InChI is InChI=1S/C15H17F6N3O/c1-23-7-9-24(10-8-23)13(14(16,17)18,15(19,20)21)22-12(25)11-5-3-2-4-6-11/h2-6H,7-10H2,1H3,(H,22,25)/p+2. The molecule has 25 heavy (non-hydrogen) atoms. The van der Waals surface area contributed by atoms with Crippen molar-refractivity contribution in [2.75, 3.05) is 33.2 Å². The van der Waals surface area contributed by atoms with Crippen molar-refractivity contribution in [2.24, 2.45) is 0 Å². The number of hydrogen-bond donors (Lipinski definition) is 3. The molecule has 1 saturated heterocycles. The number of quaternary nitrogens is 2. The fourth-order valence-corrected chi connectivity index (χ4v) is 2.98. The van der Waals surface area contributed by atoms with Crippen molar-refractivity contribution in [1.82, 2.24) is 5.32 Å². The highest BCUT2D eigenvalue weighted by atomic mass is 19.4. The van der Waals surface area contributed by atoms with Crippen LogP contribution in [-0.2, 0) is 0 Å². The number of amides is 1. The minimum Gasteiger partial charge on any atom is -0.328 e. The number of benzene rings is 1. The molecule has 0 atom stereocenters. The van der Waals surface area contributed by atoms with Crippen molar-refractivity contribution < 1.29 is 40.9 Å². The molecule has 0 bridgehead atoms. The van der Waals surface area contributed by atoms with E-state index in [9.17, 15) is 31.1 Å². The Labute approximate surface area is 140 Å². The summed E-state index contributed by atoms with van der Waals surface area (Å²) in [4.78, 5) is 12.2. The van der Waals surface area contributed by atoms with E-state index in [1.165, 1.54) is 23.5 Å². The van der Waals surface area contributed by atoms with Crippen LogP contribution in [0.1, 0.15) is 10.4 Å². The third kappa shape index (κ3) is 3.74. The number of carbonyl (C=O) groups excluding carboxylic acids is 1. The predicted molar refractivity (Wildman–Crippen MR) is 76.1 cm³/mol. The summed E-state index contributed by atoms with van der Waals surface area (Å²) < 4.78 is 82.0. The molecule has 4 nitrogen and oxygen atoms in total. The topological polar surface area (TPSA) is 38.0 Å². The SMILES string of the molecule is C[NH+]1CC[NH+](C(NC(=O)c2ccccc2)(C(F)(F)F)C(F)(F)F)CC1. The van der Waals surface area contributed by atoms with E-state index >= 15 is 0 Å². The minimum atomic E-state index is -5.70. The zero-order valence-corrected chi connectivity index (χ0v) is 13.4. The predicted octanol–water partition coefficient (Wildman–Crippen LogP) is -0.349. The van der Waals surface area contributed by atoms with Crippen molar-refractivity contribution >= 4 is 5.91 Å². The summed E-state index contributed by atoms with van der Waals surface area (Å²) in [5.74, 6) is -1.41. The molecule has 0 aliphatic carbocycles. The second-order valence-electron chi connectivity index (χ2n) is 6.13. The van der Waals surface area contributed by atoms with E-state index in [-0.39, 0.29) is 31.7 Å². The number of piperazine rings is 1. The molecule has 0 unspecified atom stereocenters. The zero-order valence-electron chi connectivity index (χ0n) is 13.4. The van der Waals surface area contributed by atoms with Gasteiger partial charge >= 0.3 is 18.0 Å². The van der Waals surface area contributed by atoms with Gasteiger partial charge in [0.1, 0.15) is 26.2 Å². The highest BCUT2D eigenvalue weighted by Crippen LogP contribution is 2.39. The highest BCUT2D eigenvalue weighted by molar-refractivity contribution is 5.94. The number of likely N-dealkylation sites (N-methyl/N-ethyl adjacent to an activating group) is 1. The highest BCUT2D eigenvalue weighted by Gasteiger charge is 2.79. The largest absolute Gasteiger partial charge is 0.475 e. The van der Waals surface area contributed by atoms with Gasteiger partial charge in [0, 0.05) is 5.56 Å². The first-order valence-electron chi connectivity index (χ1n) is 7.66. The minimum absolute atomic E-state index is 0.143. The summed E-state index contributed by atoms with van der Waals surface area (Å²) >= 11 is 0. The van der Waals surface area contributed by atoms with Gasteiger partial charge in [-0.25, -0.2) is 0 Å². The van der Waals surface area contributed by atoms with Gasteiger partial charge in [-0.15, -0.1) is 0 Å². The van der Waals surface area contributed by atoms with Crippen LogP contribution in [0.2, 0.25) is 0 Å². The Morgan fingerprint density at radius 1 is 0.920 bits per heavy atom. The van der Waals surface area contributed by atoms with Crippen LogP contribution >= 0.6 is 0 Å². The number of carbonyl (C=O) groups is 1. The zero-order chi connectivity index (χ0) is 18.9. The van der Waals surface area contributed by atoms with Gasteiger partial charge in [-0.3, -0.25) is 15.0 Å². The average molecular weight is 371 g/mol. The molecule has 1 aromatic rings. The van der Waals surface area contributed by atoms with E-state index in [1.54, 1.807) is 7.05 Å². The lowest BCUT2D eigenvalue weighted by molar-refractivity contribution is -1.05. The number of halogens is 6. The van der Waals surface area contributed by atoms with Gasteiger partial charge in [0.2, 0.25) is 0 Å². The summed E-state index contributed by atoms with van der Waals surface area (Å²) in [5, 5.41) is 1.28. The Bertz CT molecular complexity index is 580. The molecule has 10 heteroatoms. The fraction of sp³-hybridized carbons (Fsp3) is 0.533. The molecular weight excluding hydrogens is 352 g/mol. The van der Waals surface area contributed by atoms with Crippen molar-refractivity contribution in [2.45, 2.75) is 18.0 Å². The summed E-state index contributed by atoms with van der Waals surface area (Å²) in [7, 11) is 1.70. The third-order valence-electron chi connectivity index (χ3n) is 4.42. The molecule has 2 rings (SSSR count). The van der Waals surface area contributed by atoms with E-state index in [1.807, 2.05) is 0 Å². The molecule has 3 N–H and O–H groups in total. The maximum absolute atomic E-state index is 13.7. The molecule has 0 radical (unpaired) electrons. The molecular formula is C15H19F6N3O+2. The van der Waals surface area contributed by atoms with Gasteiger partial charge in [0.25, 0.3) is 5.91 Å². The second-order valence-corrected chi connectivity index (χ2v) is 6.13. The maximum Gasteiger partial charge on any atom is 0.475 e. The smallest absolute Gasteiger partial charge is 0.328 e. The number of alkyl halides is 6. The first-order chi connectivity index (χ1) is 11.5. The van der Waals surface area contributed by atoms with Crippen molar-refractivity contribution in [3.8, 4) is 0 Å². The van der Waals surface area contributed by atoms with Gasteiger partial charge in [-0.1, -0.05) is 18.2 Å². The summed E-state index contributed by atoms with van der Waals surface area (Å²) in [6, 6.07) is 6.56. The van der Waals surface area contributed by atoms with Crippen LogP contribution in [0.5, 0.6) is 0 Å². The van der Waals surface area contributed by atoms with E-state index in [2.05, 4.69) is 0 Å². The molecule has 1 aromatic carbocycles. The molecule has 140 valence electrons. The van der Waals surface area contributed by atoms with E-state index in [0.29, 0.717) is 0 Å². The van der Waals surface area contributed by atoms with Crippen molar-refractivity contribution in [3.05, 3.63) is 35.9 Å². The van der Waals surface area contributed by atoms with E-state index in [0.717, 1.165) is 17.0 Å². The second kappa shape index (κ2) is 6.83. The third-order valence-corrected chi connectivity index (χ3v) is 4.42. The summed E-state index contributed by atoms with van der Waals surface area (Å²) in [6.45, 7) is -0.436. The molecule has 1 aliphatic rings. The summed E-state index contributed by atoms with van der Waals surface area (Å²) in [6.07, 6.45) is -11.4. The van der Waals surface area contributed by atoms with Crippen LogP contribution in [0.25, 0.3) is 0 Å². The molecule has 1 heterocycles. The number of nitrogens with one attached hydrogen (secondary N) is 3. The lowest BCUT2D eigenvalue weighted by Gasteiger charge is -2.44. The molecule has 0 spiro atoms.